The first kappa shape index (κ1) is 32.8. The number of anilines is 1. The molecule has 1 amide bonds. The number of aromatic nitrogens is 4. The van der Waals surface area contributed by atoms with E-state index in [0.717, 1.165) is 29.2 Å². The summed E-state index contributed by atoms with van der Waals surface area (Å²) < 4.78 is 86.4. The van der Waals surface area contributed by atoms with E-state index in [-0.39, 0.29) is 82.6 Å². The first-order valence-electron chi connectivity index (χ1n) is 15.0. The highest BCUT2D eigenvalue weighted by molar-refractivity contribution is 7.99. The lowest BCUT2D eigenvalue weighted by molar-refractivity contribution is -0.168. The zero-order valence-corrected chi connectivity index (χ0v) is 27.2. The lowest BCUT2D eigenvalue weighted by Crippen LogP contribution is -2.61. The third kappa shape index (κ3) is 5.41. The summed E-state index contributed by atoms with van der Waals surface area (Å²) >= 11 is 2.12. The molecule has 3 aromatic heterocycles. The number of amides is 1. The number of halogens is 6. The van der Waals surface area contributed by atoms with Gasteiger partial charge in [0.2, 0.25) is 5.91 Å². The van der Waals surface area contributed by atoms with Crippen molar-refractivity contribution in [1.82, 2.24) is 29.3 Å². The zero-order valence-electron chi connectivity index (χ0n) is 25.6. The molecule has 7 rings (SSSR count). The number of benzene rings is 1. The summed E-state index contributed by atoms with van der Waals surface area (Å²) in [7, 11) is 0. The number of carbonyl (C=O) groups is 1. The Labute approximate surface area is 276 Å². The molecule has 3 aliphatic rings. The predicted molar refractivity (Wildman–Crippen MR) is 171 cm³/mol. The Morgan fingerprint density at radius 1 is 1.10 bits per heavy atom. The third-order valence-electron chi connectivity index (χ3n) is 9.21. The molecule has 256 valence electrons. The number of nitrogens with one attached hydrogen (secondary N) is 2. The molecule has 0 bridgehead atoms. The van der Waals surface area contributed by atoms with Gasteiger partial charge in [0.1, 0.15) is 10.6 Å². The van der Waals surface area contributed by atoms with Crippen molar-refractivity contribution in [3.8, 4) is 11.1 Å². The highest BCUT2D eigenvalue weighted by Crippen LogP contribution is 2.52. The van der Waals surface area contributed by atoms with E-state index in [9.17, 15) is 27.6 Å². The van der Waals surface area contributed by atoms with Gasteiger partial charge in [-0.3, -0.25) is 19.2 Å². The number of aromatic amines is 2. The lowest BCUT2D eigenvalue weighted by atomic mass is 9.81. The fourth-order valence-electron chi connectivity index (χ4n) is 7.52. The van der Waals surface area contributed by atoms with E-state index in [1.165, 1.54) is 20.9 Å². The van der Waals surface area contributed by atoms with Crippen LogP contribution in [0.5, 0.6) is 0 Å². The van der Waals surface area contributed by atoms with Gasteiger partial charge in [0.15, 0.2) is 0 Å². The summed E-state index contributed by atoms with van der Waals surface area (Å²) in [4.78, 5) is 53.2. The summed E-state index contributed by atoms with van der Waals surface area (Å²) in [6.07, 6.45) is -8.13. The number of likely N-dealkylation sites (tertiary alicyclic amines) is 1. The maximum atomic E-state index is 15.1. The molecular weight excluding hydrogens is 684 g/mol. The topological polar surface area (TPSA) is 110 Å². The Hall–Kier alpha value is -3.77. The number of fused-ring (bicyclic) bond motifs is 1. The minimum atomic E-state index is -4.89. The number of rotatable bonds is 4. The minimum absolute atomic E-state index is 0.00715. The highest BCUT2D eigenvalue weighted by Gasteiger charge is 2.49. The van der Waals surface area contributed by atoms with Gasteiger partial charge in [-0.15, -0.1) is 23.1 Å². The van der Waals surface area contributed by atoms with Gasteiger partial charge in [-0.05, 0) is 26.0 Å². The summed E-state index contributed by atoms with van der Waals surface area (Å²) in [5, 5.41) is 1.57. The van der Waals surface area contributed by atoms with Crippen molar-refractivity contribution >= 4 is 56.1 Å². The summed E-state index contributed by atoms with van der Waals surface area (Å²) in [6, 6.07) is 0.186. The van der Waals surface area contributed by atoms with Gasteiger partial charge in [0, 0.05) is 82.8 Å². The number of piperazine rings is 1. The van der Waals surface area contributed by atoms with Crippen molar-refractivity contribution < 1.29 is 31.1 Å². The monoisotopic (exact) mass is 713 g/mol. The maximum Gasteiger partial charge on any atom is 0.417 e. The molecule has 6 heterocycles. The Bertz CT molecular complexity index is 2080. The molecule has 0 radical (unpaired) electrons. The molecule has 3 aliphatic heterocycles. The number of thioether (sulfide) groups is 1. The van der Waals surface area contributed by atoms with Crippen LogP contribution in [-0.4, -0.2) is 92.0 Å². The van der Waals surface area contributed by atoms with Crippen molar-refractivity contribution in [1.29, 1.82) is 0 Å². The van der Waals surface area contributed by atoms with Crippen LogP contribution in [0.15, 0.2) is 38.6 Å². The molecule has 2 fully saturated rings. The van der Waals surface area contributed by atoms with Crippen molar-refractivity contribution in [2.75, 3.05) is 43.4 Å². The molecular formula is C30H29F6N7O3S2. The standard InChI is InChI=1S/C30H29F6N7O3S2/c1-4-19(44)43-14(2)6-41(7-15(43)3)24-16-5-18(30(34,35)36)20(17-8-47-25-21(17)37-26(45)39-25)23-22(16)42(27(46)38-24)11-28(13-48-23)9-40(10-28)12-29(31,32)33/h4-5,8,14-15H,1,6-7,9-13H2,2-3H3,(H2,37,39,45)/t14-,15+. The van der Waals surface area contributed by atoms with Crippen LogP contribution >= 0.6 is 23.1 Å². The minimum Gasteiger partial charge on any atom is -0.352 e. The Morgan fingerprint density at radius 2 is 1.79 bits per heavy atom. The second-order valence-corrected chi connectivity index (χ2v) is 14.7. The fourth-order valence-corrected chi connectivity index (χ4v) is 9.87. The number of hydrogen-bond donors (Lipinski definition) is 2. The van der Waals surface area contributed by atoms with E-state index in [2.05, 4.69) is 21.5 Å². The SMILES string of the molecule is C=CC(=O)N1[C@H](C)CN(c2nc(=O)n3c4c(c(-c5csc6[nH]c(=O)[nH]c56)c(C(F)(F)F)cc24)SCC2(CN(CC(F)(F)F)C2)C3)C[C@@H]1C. The van der Waals surface area contributed by atoms with Crippen LogP contribution < -0.4 is 16.3 Å². The normalized spacial score (nSPS) is 21.6. The van der Waals surface area contributed by atoms with Gasteiger partial charge in [-0.2, -0.15) is 31.3 Å². The quantitative estimate of drug-likeness (QED) is 0.229. The Balaban J connectivity index is 1.46. The van der Waals surface area contributed by atoms with Crippen LogP contribution in [0.3, 0.4) is 0 Å². The van der Waals surface area contributed by atoms with Gasteiger partial charge in [0.05, 0.1) is 23.1 Å². The average molecular weight is 714 g/mol. The van der Waals surface area contributed by atoms with Crippen LogP contribution in [0.25, 0.3) is 32.4 Å². The summed E-state index contributed by atoms with van der Waals surface area (Å²) in [5.74, 6) is -0.121. The molecule has 0 aliphatic carbocycles. The molecule has 4 aromatic rings. The number of thiophene rings is 1. The van der Waals surface area contributed by atoms with E-state index in [1.807, 2.05) is 0 Å². The Morgan fingerprint density at radius 3 is 2.42 bits per heavy atom. The van der Waals surface area contributed by atoms with Gasteiger partial charge in [0.25, 0.3) is 0 Å². The molecule has 2 atom stereocenters. The number of H-pyrrole nitrogens is 2. The number of carbonyl (C=O) groups excluding carboxylic acids is 1. The van der Waals surface area contributed by atoms with Crippen molar-refractivity contribution in [3.05, 3.63) is 50.6 Å². The Kier molecular flexibility index (Phi) is 7.60. The van der Waals surface area contributed by atoms with E-state index < -0.39 is 53.3 Å². The largest absolute Gasteiger partial charge is 0.417 e. The smallest absolute Gasteiger partial charge is 0.352 e. The average Bonchev–Trinajstić information content (AvgIpc) is 3.46. The number of imidazole rings is 1. The van der Waals surface area contributed by atoms with Crippen LogP contribution in [0.2, 0.25) is 0 Å². The lowest BCUT2D eigenvalue weighted by Gasteiger charge is -2.50. The number of hydrogen-bond acceptors (Lipinski definition) is 8. The molecule has 2 N–H and O–H groups in total. The van der Waals surface area contributed by atoms with Gasteiger partial charge >= 0.3 is 23.7 Å². The van der Waals surface area contributed by atoms with E-state index in [0.29, 0.717) is 4.83 Å². The first-order valence-corrected chi connectivity index (χ1v) is 16.9. The van der Waals surface area contributed by atoms with Crippen molar-refractivity contribution in [2.45, 2.75) is 49.7 Å². The molecule has 2 saturated heterocycles. The van der Waals surface area contributed by atoms with Crippen molar-refractivity contribution in [2.24, 2.45) is 5.41 Å². The number of alkyl halides is 6. The molecule has 0 saturated carbocycles. The molecule has 0 unspecified atom stereocenters. The van der Waals surface area contributed by atoms with Gasteiger partial charge in [-0.1, -0.05) is 6.58 Å². The highest BCUT2D eigenvalue weighted by atomic mass is 32.2. The first-order chi connectivity index (χ1) is 22.5. The third-order valence-corrected chi connectivity index (χ3v) is 11.6. The zero-order chi connectivity index (χ0) is 34.5. The molecule has 1 aromatic carbocycles. The van der Waals surface area contributed by atoms with E-state index >= 15 is 13.2 Å². The van der Waals surface area contributed by atoms with Crippen LogP contribution in [0.4, 0.5) is 32.2 Å². The van der Waals surface area contributed by atoms with Gasteiger partial charge < -0.3 is 14.8 Å². The van der Waals surface area contributed by atoms with Gasteiger partial charge in [-0.25, -0.2) is 9.59 Å². The van der Waals surface area contributed by atoms with Crippen LogP contribution in [0, 0.1) is 5.41 Å². The van der Waals surface area contributed by atoms with Crippen molar-refractivity contribution in [3.63, 3.8) is 0 Å². The maximum absolute atomic E-state index is 15.1. The van der Waals surface area contributed by atoms with Crippen LogP contribution in [0.1, 0.15) is 19.4 Å². The molecule has 18 heteroatoms. The van der Waals surface area contributed by atoms with E-state index in [4.69, 9.17) is 0 Å². The predicted octanol–water partition coefficient (Wildman–Crippen LogP) is 4.90. The number of nitrogens with zero attached hydrogens (tertiary/aromatic N) is 5. The molecule has 48 heavy (non-hydrogen) atoms. The fraction of sp³-hybridized carbons (Fsp3) is 0.467. The second-order valence-electron chi connectivity index (χ2n) is 12.9. The van der Waals surface area contributed by atoms with Crippen LogP contribution in [-0.2, 0) is 17.5 Å². The van der Waals surface area contributed by atoms with E-state index in [1.54, 1.807) is 23.6 Å². The summed E-state index contributed by atoms with van der Waals surface area (Å²) in [6.45, 7) is 6.29. The molecule has 1 spiro atoms. The molecule has 10 nitrogen and oxygen atoms in total. The summed E-state index contributed by atoms with van der Waals surface area (Å²) in [5.41, 5.74) is -2.90. The second kappa shape index (κ2) is 11.1.